The van der Waals surface area contributed by atoms with E-state index in [9.17, 15) is 17.2 Å². The largest absolute Gasteiger partial charge is 0.472 e. The number of hydrogen-bond acceptors (Lipinski definition) is 5. The van der Waals surface area contributed by atoms with Crippen LogP contribution in [0.5, 0.6) is 5.88 Å². The first-order valence-corrected chi connectivity index (χ1v) is 8.63. The SMILES string of the molecule is CS(=O)(=O)c1ccc(NCc2ccnc(OCC(F)F)c2)cc1. The van der Waals surface area contributed by atoms with E-state index < -0.39 is 22.9 Å². The molecule has 0 bridgehead atoms. The van der Waals surface area contributed by atoms with Crippen LogP contribution in [0.3, 0.4) is 0 Å². The molecule has 1 N–H and O–H groups in total. The van der Waals surface area contributed by atoms with Crippen LogP contribution in [-0.2, 0) is 16.4 Å². The first kappa shape index (κ1) is 17.1. The van der Waals surface area contributed by atoms with Crippen LogP contribution in [0, 0.1) is 0 Å². The molecule has 1 aromatic heterocycles. The van der Waals surface area contributed by atoms with Gasteiger partial charge in [-0.2, -0.15) is 0 Å². The van der Waals surface area contributed by atoms with Crippen molar-refractivity contribution in [2.75, 3.05) is 18.2 Å². The molecule has 5 nitrogen and oxygen atoms in total. The van der Waals surface area contributed by atoms with Crippen molar-refractivity contribution in [3.05, 3.63) is 48.2 Å². The molecule has 23 heavy (non-hydrogen) atoms. The quantitative estimate of drug-likeness (QED) is 0.838. The van der Waals surface area contributed by atoms with Crippen LogP contribution in [0.25, 0.3) is 0 Å². The lowest BCUT2D eigenvalue weighted by Gasteiger charge is -2.09. The molecule has 0 radical (unpaired) electrons. The van der Waals surface area contributed by atoms with Crippen molar-refractivity contribution in [1.82, 2.24) is 4.98 Å². The van der Waals surface area contributed by atoms with Gasteiger partial charge in [0.1, 0.15) is 0 Å². The minimum atomic E-state index is -3.22. The number of nitrogens with zero attached hydrogens (tertiary/aromatic N) is 1. The van der Waals surface area contributed by atoms with Crippen LogP contribution in [0.15, 0.2) is 47.5 Å². The lowest BCUT2D eigenvalue weighted by molar-refractivity contribution is 0.0795. The molecule has 2 aromatic rings. The van der Waals surface area contributed by atoms with Gasteiger partial charge in [-0.1, -0.05) is 0 Å². The lowest BCUT2D eigenvalue weighted by atomic mass is 10.2. The zero-order chi connectivity index (χ0) is 16.9. The second-order valence-corrected chi connectivity index (χ2v) is 6.87. The molecular weight excluding hydrogens is 326 g/mol. The van der Waals surface area contributed by atoms with Gasteiger partial charge >= 0.3 is 0 Å². The molecule has 124 valence electrons. The Balaban J connectivity index is 1.96. The van der Waals surface area contributed by atoms with Crippen molar-refractivity contribution in [3.63, 3.8) is 0 Å². The van der Waals surface area contributed by atoms with E-state index in [-0.39, 0.29) is 10.8 Å². The Morgan fingerprint density at radius 1 is 1.22 bits per heavy atom. The molecule has 0 aliphatic rings. The van der Waals surface area contributed by atoms with E-state index in [2.05, 4.69) is 10.3 Å². The number of halogens is 2. The predicted octanol–water partition coefficient (Wildman–Crippen LogP) is 2.74. The van der Waals surface area contributed by atoms with Crippen molar-refractivity contribution in [1.29, 1.82) is 0 Å². The van der Waals surface area contributed by atoms with E-state index in [1.807, 2.05) is 0 Å². The molecular formula is C15H16F2N2O3S. The summed E-state index contributed by atoms with van der Waals surface area (Å²) in [7, 11) is -3.22. The molecule has 2 rings (SSSR count). The van der Waals surface area contributed by atoms with Crippen LogP contribution in [0.1, 0.15) is 5.56 Å². The molecule has 0 amide bonds. The third kappa shape index (κ3) is 5.48. The van der Waals surface area contributed by atoms with Crippen LogP contribution < -0.4 is 10.1 Å². The second-order valence-electron chi connectivity index (χ2n) is 4.85. The Morgan fingerprint density at radius 3 is 2.52 bits per heavy atom. The number of benzene rings is 1. The number of alkyl halides is 2. The number of hydrogen-bond donors (Lipinski definition) is 1. The molecule has 0 aliphatic heterocycles. The van der Waals surface area contributed by atoms with Crippen molar-refractivity contribution < 1.29 is 21.9 Å². The summed E-state index contributed by atoms with van der Waals surface area (Å²) >= 11 is 0. The number of pyridine rings is 1. The highest BCUT2D eigenvalue weighted by atomic mass is 32.2. The maximum absolute atomic E-state index is 12.1. The summed E-state index contributed by atoms with van der Waals surface area (Å²) < 4.78 is 51.8. The van der Waals surface area contributed by atoms with Gasteiger partial charge in [0.05, 0.1) is 4.90 Å². The fourth-order valence-electron chi connectivity index (χ4n) is 1.81. The molecule has 0 aliphatic carbocycles. The summed E-state index contributed by atoms with van der Waals surface area (Å²) in [6, 6.07) is 9.65. The first-order chi connectivity index (χ1) is 10.8. The molecule has 0 unspecified atom stereocenters. The number of rotatable bonds is 7. The number of ether oxygens (including phenoxy) is 1. The summed E-state index contributed by atoms with van der Waals surface area (Å²) in [6.07, 6.45) is 0.0738. The summed E-state index contributed by atoms with van der Waals surface area (Å²) in [4.78, 5) is 4.10. The smallest absolute Gasteiger partial charge is 0.272 e. The van der Waals surface area contributed by atoms with Gasteiger partial charge in [-0.05, 0) is 35.9 Å². The molecule has 0 saturated carbocycles. The maximum atomic E-state index is 12.1. The van der Waals surface area contributed by atoms with Crippen molar-refractivity contribution in [3.8, 4) is 5.88 Å². The van der Waals surface area contributed by atoms with E-state index >= 15 is 0 Å². The number of nitrogens with one attached hydrogen (secondary N) is 1. The fraction of sp³-hybridized carbons (Fsp3) is 0.267. The van der Waals surface area contributed by atoms with E-state index in [1.54, 1.807) is 24.3 Å². The van der Waals surface area contributed by atoms with Gasteiger partial charge in [-0.25, -0.2) is 22.2 Å². The molecule has 1 aromatic carbocycles. The molecule has 1 heterocycles. The van der Waals surface area contributed by atoms with Gasteiger partial charge in [0, 0.05) is 30.8 Å². The van der Waals surface area contributed by atoms with Crippen LogP contribution in [-0.4, -0.2) is 32.7 Å². The zero-order valence-corrected chi connectivity index (χ0v) is 13.2. The van der Waals surface area contributed by atoms with Crippen LogP contribution >= 0.6 is 0 Å². The minimum absolute atomic E-state index is 0.136. The van der Waals surface area contributed by atoms with Gasteiger partial charge in [0.25, 0.3) is 6.43 Å². The third-order valence-corrected chi connectivity index (χ3v) is 4.06. The average molecular weight is 342 g/mol. The van der Waals surface area contributed by atoms with Crippen molar-refractivity contribution in [2.45, 2.75) is 17.9 Å². The molecule has 0 saturated heterocycles. The lowest BCUT2D eigenvalue weighted by Crippen LogP contribution is -2.08. The molecule has 0 spiro atoms. The zero-order valence-electron chi connectivity index (χ0n) is 12.4. The maximum Gasteiger partial charge on any atom is 0.272 e. The van der Waals surface area contributed by atoms with Crippen LogP contribution in [0.2, 0.25) is 0 Å². The highest BCUT2D eigenvalue weighted by Gasteiger charge is 2.07. The second kappa shape index (κ2) is 7.36. The number of anilines is 1. The summed E-state index contributed by atoms with van der Waals surface area (Å²) in [6.45, 7) is -0.275. The summed E-state index contributed by atoms with van der Waals surface area (Å²) in [5, 5.41) is 3.11. The van der Waals surface area contributed by atoms with Crippen molar-refractivity contribution in [2.24, 2.45) is 0 Å². The Hall–Kier alpha value is -2.22. The highest BCUT2D eigenvalue weighted by molar-refractivity contribution is 7.90. The van der Waals surface area contributed by atoms with E-state index in [1.165, 1.54) is 18.3 Å². The normalized spacial score (nSPS) is 11.5. The molecule has 8 heteroatoms. The topological polar surface area (TPSA) is 68.3 Å². The first-order valence-electron chi connectivity index (χ1n) is 6.74. The van der Waals surface area contributed by atoms with E-state index in [0.717, 1.165) is 17.5 Å². The summed E-state index contributed by atoms with van der Waals surface area (Å²) in [5.74, 6) is 0.136. The summed E-state index contributed by atoms with van der Waals surface area (Å²) in [5.41, 5.74) is 1.54. The number of aromatic nitrogens is 1. The van der Waals surface area contributed by atoms with Crippen molar-refractivity contribution >= 4 is 15.5 Å². The number of sulfone groups is 1. The third-order valence-electron chi connectivity index (χ3n) is 2.94. The Bertz CT molecular complexity index is 750. The van der Waals surface area contributed by atoms with Crippen LogP contribution in [0.4, 0.5) is 14.5 Å². The standard InChI is InChI=1S/C15H16F2N2O3S/c1-23(20,21)13-4-2-12(3-5-13)19-9-11-6-7-18-15(8-11)22-10-14(16)17/h2-8,14,19H,9-10H2,1H3. The van der Waals surface area contributed by atoms with Gasteiger partial charge in [-0.15, -0.1) is 0 Å². The van der Waals surface area contributed by atoms with Gasteiger partial charge < -0.3 is 10.1 Å². The van der Waals surface area contributed by atoms with Gasteiger partial charge in [0.15, 0.2) is 16.4 Å². The molecule has 0 atom stereocenters. The Labute approximate surface area is 133 Å². The van der Waals surface area contributed by atoms with Gasteiger partial charge in [0.2, 0.25) is 5.88 Å². The van der Waals surface area contributed by atoms with E-state index in [4.69, 9.17) is 4.74 Å². The minimum Gasteiger partial charge on any atom is -0.472 e. The average Bonchev–Trinajstić information content (AvgIpc) is 2.51. The van der Waals surface area contributed by atoms with E-state index in [0.29, 0.717) is 6.54 Å². The Kier molecular flexibility index (Phi) is 5.49. The molecule has 0 fully saturated rings. The monoisotopic (exact) mass is 342 g/mol. The predicted molar refractivity (Wildman–Crippen MR) is 82.6 cm³/mol. The Morgan fingerprint density at radius 2 is 1.91 bits per heavy atom. The van der Waals surface area contributed by atoms with Gasteiger partial charge in [-0.3, -0.25) is 0 Å². The highest BCUT2D eigenvalue weighted by Crippen LogP contribution is 2.16. The fourth-order valence-corrected chi connectivity index (χ4v) is 2.44.